The molecule has 1 heterocycles. The summed E-state index contributed by atoms with van der Waals surface area (Å²) in [5.74, 6) is 1.03. The Labute approximate surface area is 164 Å². The van der Waals surface area contributed by atoms with Crippen LogP contribution >= 0.6 is 11.6 Å². The lowest BCUT2D eigenvalue weighted by molar-refractivity contribution is 0.0779. The van der Waals surface area contributed by atoms with Crippen molar-refractivity contribution in [3.8, 4) is 0 Å². The minimum Gasteiger partial charge on any atom is -0.366 e. The van der Waals surface area contributed by atoms with E-state index in [1.165, 1.54) is 0 Å². The molecule has 6 heteroatoms. The average molecular weight is 381 g/mol. The fraction of sp³-hybridized carbons (Fsp3) is 0.190. The molecule has 27 heavy (non-hydrogen) atoms. The maximum atomic E-state index is 12.8. The van der Waals surface area contributed by atoms with Crippen molar-refractivity contribution in [2.75, 3.05) is 12.4 Å². The number of benzene rings is 2. The third kappa shape index (κ3) is 5.28. The highest BCUT2D eigenvalue weighted by molar-refractivity contribution is 6.30. The normalized spacial score (nSPS) is 10.5. The number of carbonyl (C=O) groups excluding carboxylic acids is 1. The molecule has 138 valence electrons. The van der Waals surface area contributed by atoms with Crippen LogP contribution in [0.2, 0.25) is 5.02 Å². The van der Waals surface area contributed by atoms with Gasteiger partial charge in [-0.25, -0.2) is 9.97 Å². The van der Waals surface area contributed by atoms with Crippen LogP contribution in [0.3, 0.4) is 0 Å². The highest BCUT2D eigenvalue weighted by Gasteiger charge is 2.15. The van der Waals surface area contributed by atoms with Crippen LogP contribution in [-0.4, -0.2) is 27.8 Å². The second-order valence-corrected chi connectivity index (χ2v) is 6.75. The third-order valence-electron chi connectivity index (χ3n) is 4.05. The molecule has 3 rings (SSSR count). The predicted molar refractivity (Wildman–Crippen MR) is 108 cm³/mol. The molecule has 1 aromatic heterocycles. The monoisotopic (exact) mass is 380 g/mol. The number of anilines is 1. The van der Waals surface area contributed by atoms with E-state index in [0.717, 1.165) is 11.1 Å². The first-order valence-corrected chi connectivity index (χ1v) is 9.02. The zero-order valence-electron chi connectivity index (χ0n) is 15.3. The number of rotatable bonds is 6. The van der Waals surface area contributed by atoms with Gasteiger partial charge in [0.1, 0.15) is 17.3 Å². The Morgan fingerprint density at radius 3 is 2.44 bits per heavy atom. The summed E-state index contributed by atoms with van der Waals surface area (Å²) in [4.78, 5) is 23.1. The van der Waals surface area contributed by atoms with Gasteiger partial charge in [0.05, 0.1) is 0 Å². The molecule has 5 nitrogen and oxygen atoms in total. The molecule has 0 spiro atoms. The van der Waals surface area contributed by atoms with Crippen molar-refractivity contribution >= 4 is 23.3 Å². The van der Waals surface area contributed by atoms with Gasteiger partial charge in [-0.15, -0.1) is 0 Å². The molecule has 1 amide bonds. The van der Waals surface area contributed by atoms with Gasteiger partial charge in [0, 0.05) is 31.2 Å². The summed E-state index contributed by atoms with van der Waals surface area (Å²) in [5, 5.41) is 3.94. The van der Waals surface area contributed by atoms with E-state index in [4.69, 9.17) is 11.6 Å². The first kappa shape index (κ1) is 18.9. The largest absolute Gasteiger partial charge is 0.366 e. The zero-order valence-corrected chi connectivity index (χ0v) is 16.1. The minimum absolute atomic E-state index is 0.140. The number of halogens is 1. The van der Waals surface area contributed by atoms with Gasteiger partial charge >= 0.3 is 0 Å². The summed E-state index contributed by atoms with van der Waals surface area (Å²) >= 11 is 5.91. The molecule has 0 unspecified atom stereocenters. The van der Waals surface area contributed by atoms with Crippen LogP contribution in [0, 0.1) is 6.92 Å². The molecule has 3 aromatic rings. The van der Waals surface area contributed by atoms with E-state index in [9.17, 15) is 4.79 Å². The Hall–Kier alpha value is -2.92. The molecule has 0 aliphatic heterocycles. The summed E-state index contributed by atoms with van der Waals surface area (Å²) in [7, 11) is 1.77. The van der Waals surface area contributed by atoms with Crippen LogP contribution in [0.15, 0.2) is 60.7 Å². The van der Waals surface area contributed by atoms with E-state index in [0.29, 0.717) is 35.4 Å². The number of nitrogens with zero attached hydrogens (tertiary/aromatic N) is 3. The van der Waals surface area contributed by atoms with Gasteiger partial charge in [-0.05, 0) is 30.2 Å². The lowest BCUT2D eigenvalue weighted by atomic mass is 10.2. The quantitative estimate of drug-likeness (QED) is 0.691. The van der Waals surface area contributed by atoms with Gasteiger partial charge in [-0.3, -0.25) is 4.79 Å². The summed E-state index contributed by atoms with van der Waals surface area (Å²) in [6.07, 6.45) is 0. The summed E-state index contributed by atoms with van der Waals surface area (Å²) in [6, 6.07) is 19.1. The van der Waals surface area contributed by atoms with E-state index >= 15 is 0 Å². The number of nitrogens with one attached hydrogen (secondary N) is 1. The highest BCUT2D eigenvalue weighted by atomic mass is 35.5. The second-order valence-electron chi connectivity index (χ2n) is 6.31. The Bertz CT molecular complexity index is 913. The molecule has 0 aliphatic rings. The minimum atomic E-state index is -0.140. The van der Waals surface area contributed by atoms with Crippen LogP contribution in [0.1, 0.15) is 27.4 Å². The Balaban J connectivity index is 1.70. The number of carbonyl (C=O) groups is 1. The van der Waals surface area contributed by atoms with Crippen molar-refractivity contribution in [2.24, 2.45) is 0 Å². The molecule has 0 aliphatic carbocycles. The van der Waals surface area contributed by atoms with E-state index in [1.54, 1.807) is 24.9 Å². The van der Waals surface area contributed by atoms with Crippen molar-refractivity contribution in [1.29, 1.82) is 0 Å². The molecule has 0 saturated heterocycles. The van der Waals surface area contributed by atoms with Crippen LogP contribution in [-0.2, 0) is 13.1 Å². The lowest BCUT2D eigenvalue weighted by Gasteiger charge is -2.17. The number of aryl methyl sites for hydroxylation is 1. The zero-order chi connectivity index (χ0) is 19.2. The van der Waals surface area contributed by atoms with Gasteiger partial charge < -0.3 is 10.2 Å². The van der Waals surface area contributed by atoms with Gasteiger partial charge in [0.25, 0.3) is 5.91 Å². The van der Waals surface area contributed by atoms with Gasteiger partial charge in [0.2, 0.25) is 0 Å². The van der Waals surface area contributed by atoms with E-state index in [2.05, 4.69) is 15.3 Å². The molecule has 0 atom stereocenters. The number of aromatic nitrogens is 2. The van der Waals surface area contributed by atoms with Crippen molar-refractivity contribution < 1.29 is 4.79 Å². The van der Waals surface area contributed by atoms with Gasteiger partial charge in [0.15, 0.2) is 0 Å². The third-order valence-corrected chi connectivity index (χ3v) is 4.31. The molecule has 0 bridgehead atoms. The van der Waals surface area contributed by atoms with Crippen LogP contribution < -0.4 is 5.32 Å². The standard InChI is InChI=1S/C21H21ClN4O/c1-15-24-19(21(27)26(2)14-17-6-4-3-5-7-17)12-20(25-15)23-13-16-8-10-18(22)11-9-16/h3-12H,13-14H2,1-2H3,(H,23,24,25). The fourth-order valence-corrected chi connectivity index (χ4v) is 2.81. The Kier molecular flexibility index (Phi) is 6.04. The van der Waals surface area contributed by atoms with Crippen LogP contribution in [0.5, 0.6) is 0 Å². The SMILES string of the molecule is Cc1nc(NCc2ccc(Cl)cc2)cc(C(=O)N(C)Cc2ccccc2)n1. The molecular weight excluding hydrogens is 360 g/mol. The number of hydrogen-bond donors (Lipinski definition) is 1. The highest BCUT2D eigenvalue weighted by Crippen LogP contribution is 2.14. The van der Waals surface area contributed by atoms with Crippen molar-refractivity contribution in [1.82, 2.24) is 14.9 Å². The maximum absolute atomic E-state index is 12.8. The molecule has 2 aromatic carbocycles. The number of amides is 1. The molecular formula is C21H21ClN4O. The van der Waals surface area contributed by atoms with E-state index < -0.39 is 0 Å². The Morgan fingerprint density at radius 2 is 1.74 bits per heavy atom. The smallest absolute Gasteiger partial charge is 0.272 e. The molecule has 0 radical (unpaired) electrons. The second kappa shape index (κ2) is 8.64. The van der Waals surface area contributed by atoms with E-state index in [-0.39, 0.29) is 5.91 Å². The first-order valence-electron chi connectivity index (χ1n) is 8.64. The Morgan fingerprint density at radius 1 is 1.04 bits per heavy atom. The van der Waals surface area contributed by atoms with Crippen molar-refractivity contribution in [2.45, 2.75) is 20.0 Å². The summed E-state index contributed by atoms with van der Waals surface area (Å²) < 4.78 is 0. The maximum Gasteiger partial charge on any atom is 0.272 e. The number of hydrogen-bond acceptors (Lipinski definition) is 4. The molecule has 0 fully saturated rings. The summed E-state index contributed by atoms with van der Waals surface area (Å²) in [6.45, 7) is 2.89. The van der Waals surface area contributed by atoms with Crippen LogP contribution in [0.25, 0.3) is 0 Å². The van der Waals surface area contributed by atoms with Gasteiger partial charge in [-0.1, -0.05) is 54.1 Å². The fourth-order valence-electron chi connectivity index (χ4n) is 2.69. The van der Waals surface area contributed by atoms with Crippen molar-refractivity contribution in [3.05, 3.63) is 88.3 Å². The molecule has 0 saturated carbocycles. The first-order chi connectivity index (χ1) is 13.0. The van der Waals surface area contributed by atoms with E-state index in [1.807, 2.05) is 54.6 Å². The summed E-state index contributed by atoms with van der Waals surface area (Å²) in [5.41, 5.74) is 2.52. The lowest BCUT2D eigenvalue weighted by Crippen LogP contribution is -2.27. The van der Waals surface area contributed by atoms with Crippen LogP contribution in [0.4, 0.5) is 5.82 Å². The average Bonchev–Trinajstić information content (AvgIpc) is 2.67. The molecule has 1 N–H and O–H groups in total. The van der Waals surface area contributed by atoms with Gasteiger partial charge in [-0.2, -0.15) is 0 Å². The van der Waals surface area contributed by atoms with Crippen molar-refractivity contribution in [3.63, 3.8) is 0 Å². The topological polar surface area (TPSA) is 58.1 Å². The predicted octanol–water partition coefficient (Wildman–Crippen LogP) is 4.32.